The Balaban J connectivity index is 1.49. The number of unbranched alkanes of at least 4 members (excludes halogenated alkanes) is 1. The summed E-state index contributed by atoms with van der Waals surface area (Å²) in [4.78, 5) is 44.8. The fourth-order valence-corrected chi connectivity index (χ4v) is 3.40. The molecule has 1 aliphatic rings. The summed E-state index contributed by atoms with van der Waals surface area (Å²) in [5.74, 6) is 0.574. The van der Waals surface area contributed by atoms with Crippen LogP contribution < -0.4 is 5.32 Å². The summed E-state index contributed by atoms with van der Waals surface area (Å²) in [6.45, 7) is 3.20. The minimum absolute atomic E-state index is 0.147. The molecule has 31 heavy (non-hydrogen) atoms. The summed E-state index contributed by atoms with van der Waals surface area (Å²) in [5, 5.41) is 5.35. The van der Waals surface area contributed by atoms with Crippen molar-refractivity contribution in [1.82, 2.24) is 14.9 Å². The van der Waals surface area contributed by atoms with Crippen LogP contribution in [0.3, 0.4) is 0 Å². The van der Waals surface area contributed by atoms with E-state index in [4.69, 9.17) is 9.47 Å². The first-order valence-electron chi connectivity index (χ1n) is 9.52. The first-order chi connectivity index (χ1) is 15.1. The average molecular weight is 497 g/mol. The summed E-state index contributed by atoms with van der Waals surface area (Å²) >= 11 is 3.56. The van der Waals surface area contributed by atoms with E-state index in [9.17, 15) is 9.70 Å². The van der Waals surface area contributed by atoms with E-state index >= 15 is 0 Å². The Bertz CT molecular complexity index is 945. The van der Waals surface area contributed by atoms with Gasteiger partial charge in [-0.1, -0.05) is 0 Å². The van der Waals surface area contributed by atoms with E-state index in [1.807, 2.05) is 17.0 Å². The maximum atomic E-state index is 11.9. The maximum absolute atomic E-state index is 11.9. The van der Waals surface area contributed by atoms with Crippen LogP contribution in [-0.2, 0) is 19.3 Å². The van der Waals surface area contributed by atoms with Crippen LogP contribution in [0.15, 0.2) is 39.3 Å². The highest BCUT2D eigenvalue weighted by atomic mass is 79.9. The number of nitrogens with zero attached hydrogens (tertiary/aromatic N) is 5. The molecule has 1 aliphatic heterocycles. The number of carbonyl (C=O) groups is 1. The molecule has 0 spiro atoms. The fraction of sp³-hybridized carbons (Fsp3) is 0.444. The van der Waals surface area contributed by atoms with Crippen molar-refractivity contribution >= 4 is 44.8 Å². The average Bonchev–Trinajstić information content (AvgIpc) is 3.23. The molecule has 1 unspecified atom stereocenters. The third-order valence-corrected chi connectivity index (χ3v) is 5.13. The Morgan fingerprint density at radius 1 is 1.29 bits per heavy atom. The van der Waals surface area contributed by atoms with E-state index < -0.39 is 12.4 Å². The van der Waals surface area contributed by atoms with Gasteiger partial charge < -0.3 is 19.7 Å². The molecule has 0 amide bonds. The standard InChI is InChI=1S/C18H21BrN6O6/c1-12(30-18(26)28-10-2-3-11-29-31-24-27)25-9-8-22-17(25)23-13-4-5-14-16(15(13)19)21-7-6-20-14/h4-7,12H,2-3,8-11H2,1H3,(H,22,23). The number of fused-ring (bicyclic) bond motifs is 1. The summed E-state index contributed by atoms with van der Waals surface area (Å²) < 4.78 is 11.2. The summed E-state index contributed by atoms with van der Waals surface area (Å²) in [6, 6.07) is 3.74. The molecule has 0 saturated carbocycles. The lowest BCUT2D eigenvalue weighted by atomic mass is 10.2. The third kappa shape index (κ3) is 6.21. The van der Waals surface area contributed by atoms with Crippen LogP contribution in [0.4, 0.5) is 10.5 Å². The molecule has 2 aromatic rings. The summed E-state index contributed by atoms with van der Waals surface area (Å²) in [6.07, 6.45) is 2.93. The first kappa shape index (κ1) is 22.6. The number of nitrogens with one attached hydrogen (secondary N) is 1. The Kier molecular flexibility index (Phi) is 8.29. The normalized spacial score (nSPS) is 14.1. The predicted molar refractivity (Wildman–Crippen MR) is 114 cm³/mol. The van der Waals surface area contributed by atoms with E-state index in [0.717, 1.165) is 21.2 Å². The molecule has 166 valence electrons. The second-order valence-electron chi connectivity index (χ2n) is 6.37. The number of rotatable bonds is 10. The number of hydrogen-bond donors (Lipinski definition) is 1. The molecule has 0 saturated heterocycles. The Morgan fingerprint density at radius 3 is 2.94 bits per heavy atom. The Hall–Kier alpha value is -3.06. The van der Waals surface area contributed by atoms with E-state index in [2.05, 4.69) is 51.4 Å². The highest BCUT2D eigenvalue weighted by Crippen LogP contribution is 2.29. The van der Waals surface area contributed by atoms with Crippen molar-refractivity contribution in [2.24, 2.45) is 10.3 Å². The van der Waals surface area contributed by atoms with Gasteiger partial charge in [0.1, 0.15) is 5.52 Å². The van der Waals surface area contributed by atoms with Crippen molar-refractivity contribution in [2.75, 3.05) is 31.6 Å². The monoisotopic (exact) mass is 496 g/mol. The Morgan fingerprint density at radius 2 is 2.10 bits per heavy atom. The van der Waals surface area contributed by atoms with Gasteiger partial charge in [-0.25, -0.2) is 4.79 Å². The molecule has 1 aromatic carbocycles. The van der Waals surface area contributed by atoms with Crippen LogP contribution in [0.5, 0.6) is 0 Å². The molecule has 1 aromatic heterocycles. The molecule has 1 atom stereocenters. The lowest BCUT2D eigenvalue weighted by Crippen LogP contribution is -2.42. The molecule has 0 bridgehead atoms. The topological polar surface area (TPSA) is 137 Å². The minimum atomic E-state index is -0.785. The largest absolute Gasteiger partial charge is 0.510 e. The van der Waals surface area contributed by atoms with Gasteiger partial charge in [0.2, 0.25) is 5.96 Å². The van der Waals surface area contributed by atoms with E-state index in [1.165, 1.54) is 0 Å². The highest BCUT2D eigenvalue weighted by Gasteiger charge is 2.26. The number of aliphatic imine (C=N–C) groups is 1. The number of guanidine groups is 1. The van der Waals surface area contributed by atoms with Gasteiger partial charge in [-0.05, 0) is 47.8 Å². The van der Waals surface area contributed by atoms with Gasteiger partial charge in [-0.2, -0.15) is 9.88 Å². The molecular formula is C18H21BrN6O6. The number of ether oxygens (including phenoxy) is 2. The van der Waals surface area contributed by atoms with E-state index in [1.54, 1.807) is 19.3 Å². The van der Waals surface area contributed by atoms with Crippen molar-refractivity contribution in [3.05, 3.63) is 33.9 Å². The lowest BCUT2D eigenvalue weighted by molar-refractivity contribution is -0.298. The van der Waals surface area contributed by atoms with Gasteiger partial charge >= 0.3 is 6.16 Å². The van der Waals surface area contributed by atoms with Gasteiger partial charge in [0.05, 0.1) is 35.4 Å². The number of aromatic nitrogens is 2. The molecule has 2 heterocycles. The van der Waals surface area contributed by atoms with Crippen LogP contribution in [-0.4, -0.2) is 59.5 Å². The van der Waals surface area contributed by atoms with Gasteiger partial charge in [0.25, 0.3) is 0 Å². The highest BCUT2D eigenvalue weighted by molar-refractivity contribution is 9.10. The van der Waals surface area contributed by atoms with Gasteiger partial charge in [-0.15, -0.1) is 4.91 Å². The van der Waals surface area contributed by atoms with Crippen molar-refractivity contribution in [2.45, 2.75) is 26.0 Å². The van der Waals surface area contributed by atoms with Crippen molar-refractivity contribution in [1.29, 1.82) is 0 Å². The first-order valence-corrected chi connectivity index (χ1v) is 10.3. The van der Waals surface area contributed by atoms with Crippen LogP contribution in [0, 0.1) is 4.91 Å². The zero-order valence-electron chi connectivity index (χ0n) is 16.7. The molecule has 0 radical (unpaired) electrons. The number of halogens is 1. The second-order valence-corrected chi connectivity index (χ2v) is 7.16. The van der Waals surface area contributed by atoms with Crippen LogP contribution in [0.25, 0.3) is 11.0 Å². The summed E-state index contributed by atoms with van der Waals surface area (Å²) in [7, 11) is 0. The van der Waals surface area contributed by atoms with Gasteiger partial charge in [0.15, 0.2) is 11.6 Å². The molecule has 0 fully saturated rings. The molecule has 3 rings (SSSR count). The molecule has 1 N–H and O–H groups in total. The molecular weight excluding hydrogens is 476 g/mol. The van der Waals surface area contributed by atoms with Crippen molar-refractivity contribution < 1.29 is 24.1 Å². The van der Waals surface area contributed by atoms with E-state index in [-0.39, 0.29) is 13.2 Å². The second kappa shape index (κ2) is 11.4. The lowest BCUT2D eigenvalue weighted by Gasteiger charge is -2.27. The van der Waals surface area contributed by atoms with Gasteiger partial charge in [-0.3, -0.25) is 15.0 Å². The van der Waals surface area contributed by atoms with Crippen LogP contribution >= 0.6 is 15.9 Å². The van der Waals surface area contributed by atoms with Crippen molar-refractivity contribution in [3.8, 4) is 0 Å². The number of anilines is 1. The smallest absolute Gasteiger partial charge is 0.434 e. The quantitative estimate of drug-likeness (QED) is 0.171. The SMILES string of the molecule is CC(OC(=O)OCCCCOON=O)N1CCN=C1Nc1ccc2nccnc2c1Br. The van der Waals surface area contributed by atoms with Gasteiger partial charge in [0, 0.05) is 18.9 Å². The molecule has 13 heteroatoms. The summed E-state index contributed by atoms with van der Waals surface area (Å²) in [5.41, 5.74) is 2.26. The minimum Gasteiger partial charge on any atom is -0.434 e. The van der Waals surface area contributed by atoms with E-state index in [0.29, 0.717) is 31.9 Å². The Labute approximate surface area is 185 Å². The molecule has 12 nitrogen and oxygen atoms in total. The van der Waals surface area contributed by atoms with Crippen LogP contribution in [0.1, 0.15) is 19.8 Å². The zero-order chi connectivity index (χ0) is 22.1. The number of benzene rings is 1. The maximum Gasteiger partial charge on any atom is 0.510 e. The fourth-order valence-electron chi connectivity index (χ4n) is 2.86. The number of hydrogen-bond acceptors (Lipinski definition) is 12. The zero-order valence-corrected chi connectivity index (χ0v) is 18.3. The van der Waals surface area contributed by atoms with Crippen LogP contribution in [0.2, 0.25) is 0 Å². The molecule has 0 aliphatic carbocycles. The van der Waals surface area contributed by atoms with Crippen molar-refractivity contribution in [3.63, 3.8) is 0 Å². The number of carbonyl (C=O) groups excluding carboxylic acids is 1. The third-order valence-electron chi connectivity index (χ3n) is 4.33. The predicted octanol–water partition coefficient (Wildman–Crippen LogP) is 3.38.